The number of phenols is 1. The van der Waals surface area contributed by atoms with Crippen LogP contribution in [0.3, 0.4) is 0 Å². The smallest absolute Gasteiger partial charge is 0.259 e. The van der Waals surface area contributed by atoms with Crippen LogP contribution in [0.4, 0.5) is 0 Å². The van der Waals surface area contributed by atoms with Gasteiger partial charge < -0.3 is 14.8 Å². The standard InChI is InChI=1S/C15H10Br2N2O3/c1-22-10-6-8(11(16)12(17)13(10)20)14-18-9-5-3-2-4-7(9)15(21)19-14/h2-6,20H,1H3,(H,18,19,21). The van der Waals surface area contributed by atoms with E-state index >= 15 is 0 Å². The van der Waals surface area contributed by atoms with E-state index in [2.05, 4.69) is 41.8 Å². The third-order valence-corrected chi connectivity index (χ3v) is 5.36. The zero-order chi connectivity index (χ0) is 15.9. The summed E-state index contributed by atoms with van der Waals surface area (Å²) in [6, 6.07) is 8.70. The molecule has 3 rings (SSSR count). The minimum Gasteiger partial charge on any atom is -0.503 e. The van der Waals surface area contributed by atoms with E-state index < -0.39 is 0 Å². The predicted molar refractivity (Wildman–Crippen MR) is 91.4 cm³/mol. The van der Waals surface area contributed by atoms with E-state index in [0.29, 0.717) is 31.2 Å². The Bertz CT molecular complexity index is 938. The maximum Gasteiger partial charge on any atom is 0.259 e. The molecule has 2 aromatic carbocycles. The highest BCUT2D eigenvalue weighted by atomic mass is 79.9. The zero-order valence-electron chi connectivity index (χ0n) is 11.4. The molecule has 0 spiro atoms. The number of halogens is 2. The third kappa shape index (κ3) is 2.40. The summed E-state index contributed by atoms with van der Waals surface area (Å²) >= 11 is 6.69. The molecule has 0 saturated carbocycles. The second kappa shape index (κ2) is 5.73. The van der Waals surface area contributed by atoms with Crippen LogP contribution in [0.25, 0.3) is 22.3 Å². The van der Waals surface area contributed by atoms with Gasteiger partial charge in [-0.2, -0.15) is 0 Å². The first-order chi connectivity index (χ1) is 10.5. The fraction of sp³-hybridized carbons (Fsp3) is 0.0667. The molecular formula is C15H10Br2N2O3. The summed E-state index contributed by atoms with van der Waals surface area (Å²) in [5, 5.41) is 10.5. The van der Waals surface area contributed by atoms with E-state index in [1.54, 1.807) is 24.3 Å². The average Bonchev–Trinajstić information content (AvgIpc) is 2.53. The van der Waals surface area contributed by atoms with Crippen molar-refractivity contribution in [2.24, 2.45) is 0 Å². The fourth-order valence-electron chi connectivity index (χ4n) is 2.14. The number of nitrogens with one attached hydrogen (secondary N) is 1. The number of H-pyrrole nitrogens is 1. The van der Waals surface area contributed by atoms with Crippen LogP contribution in [0, 0.1) is 0 Å². The van der Waals surface area contributed by atoms with Gasteiger partial charge >= 0.3 is 0 Å². The molecule has 0 aliphatic heterocycles. The van der Waals surface area contributed by atoms with Gasteiger partial charge in [0.15, 0.2) is 11.5 Å². The van der Waals surface area contributed by atoms with Gasteiger partial charge in [-0.1, -0.05) is 12.1 Å². The minimum atomic E-state index is -0.226. The molecule has 22 heavy (non-hydrogen) atoms. The van der Waals surface area contributed by atoms with Crippen molar-refractivity contribution in [3.63, 3.8) is 0 Å². The van der Waals surface area contributed by atoms with Crippen LogP contribution in [-0.2, 0) is 0 Å². The zero-order valence-corrected chi connectivity index (χ0v) is 14.5. The number of aromatic amines is 1. The maximum atomic E-state index is 12.2. The Balaban J connectivity index is 2.32. The first-order valence-electron chi connectivity index (χ1n) is 6.27. The van der Waals surface area contributed by atoms with Crippen molar-refractivity contribution in [2.45, 2.75) is 0 Å². The Morgan fingerprint density at radius 3 is 2.68 bits per heavy atom. The van der Waals surface area contributed by atoms with E-state index in [4.69, 9.17) is 4.74 Å². The molecule has 1 heterocycles. The Labute approximate surface area is 142 Å². The number of hydrogen-bond acceptors (Lipinski definition) is 4. The number of ether oxygens (including phenoxy) is 1. The number of fused-ring (bicyclic) bond motifs is 1. The second-order valence-electron chi connectivity index (χ2n) is 4.53. The quantitative estimate of drug-likeness (QED) is 0.654. The van der Waals surface area contributed by atoms with E-state index in [1.165, 1.54) is 7.11 Å². The molecule has 2 N–H and O–H groups in total. The molecule has 0 amide bonds. The molecule has 0 radical (unpaired) electrons. The number of para-hydroxylation sites is 1. The predicted octanol–water partition coefficient (Wildman–Crippen LogP) is 3.83. The Morgan fingerprint density at radius 2 is 1.95 bits per heavy atom. The number of benzene rings is 2. The summed E-state index contributed by atoms with van der Waals surface area (Å²) in [7, 11) is 1.45. The summed E-state index contributed by atoms with van der Waals surface area (Å²) in [6.45, 7) is 0. The molecular weight excluding hydrogens is 416 g/mol. The molecule has 0 aliphatic rings. The molecule has 0 aliphatic carbocycles. The number of phenolic OH excluding ortho intramolecular Hbond substituents is 1. The molecule has 1 aromatic heterocycles. The fourth-order valence-corrected chi connectivity index (χ4v) is 3.03. The van der Waals surface area contributed by atoms with Crippen LogP contribution in [0.15, 0.2) is 44.1 Å². The van der Waals surface area contributed by atoms with Crippen LogP contribution in [0.5, 0.6) is 11.5 Å². The van der Waals surface area contributed by atoms with Gasteiger partial charge in [-0.05, 0) is 50.1 Å². The average molecular weight is 426 g/mol. The highest BCUT2D eigenvalue weighted by molar-refractivity contribution is 9.13. The normalized spacial score (nSPS) is 10.9. The first-order valence-corrected chi connectivity index (χ1v) is 7.86. The Hall–Kier alpha value is -1.86. The van der Waals surface area contributed by atoms with Crippen molar-refractivity contribution in [1.29, 1.82) is 0 Å². The van der Waals surface area contributed by atoms with E-state index in [1.807, 2.05) is 6.07 Å². The first kappa shape index (κ1) is 15.1. The van der Waals surface area contributed by atoms with Gasteiger partial charge in [0.05, 0.1) is 22.5 Å². The van der Waals surface area contributed by atoms with Crippen LogP contribution < -0.4 is 10.3 Å². The lowest BCUT2D eigenvalue weighted by Gasteiger charge is -2.12. The largest absolute Gasteiger partial charge is 0.503 e. The topological polar surface area (TPSA) is 75.2 Å². The SMILES string of the molecule is COc1cc(-c2nc3ccccc3c(=O)[nH]2)c(Br)c(Br)c1O. The summed E-state index contributed by atoms with van der Waals surface area (Å²) in [4.78, 5) is 19.4. The number of aromatic hydroxyl groups is 1. The monoisotopic (exact) mass is 424 g/mol. The van der Waals surface area contributed by atoms with Gasteiger partial charge in [-0.3, -0.25) is 4.79 Å². The van der Waals surface area contributed by atoms with Crippen molar-refractivity contribution in [2.75, 3.05) is 7.11 Å². The van der Waals surface area contributed by atoms with Gasteiger partial charge in [0.2, 0.25) is 0 Å². The maximum absolute atomic E-state index is 12.2. The van der Waals surface area contributed by atoms with Gasteiger partial charge in [-0.25, -0.2) is 4.98 Å². The van der Waals surface area contributed by atoms with Gasteiger partial charge in [-0.15, -0.1) is 0 Å². The third-order valence-electron chi connectivity index (χ3n) is 3.23. The van der Waals surface area contributed by atoms with E-state index in [9.17, 15) is 9.90 Å². The summed E-state index contributed by atoms with van der Waals surface area (Å²) in [5.74, 6) is 0.636. The van der Waals surface area contributed by atoms with E-state index in [-0.39, 0.29) is 17.1 Å². The molecule has 0 bridgehead atoms. The van der Waals surface area contributed by atoms with Crippen LogP contribution in [0.1, 0.15) is 0 Å². The van der Waals surface area contributed by atoms with Crippen molar-refractivity contribution in [1.82, 2.24) is 9.97 Å². The number of hydrogen-bond donors (Lipinski definition) is 2. The van der Waals surface area contributed by atoms with Gasteiger partial charge in [0.1, 0.15) is 5.82 Å². The molecule has 7 heteroatoms. The molecule has 0 unspecified atom stereocenters. The van der Waals surface area contributed by atoms with Crippen molar-refractivity contribution in [3.8, 4) is 22.9 Å². The highest BCUT2D eigenvalue weighted by Gasteiger charge is 2.18. The summed E-state index contributed by atoms with van der Waals surface area (Å²) in [5.41, 5.74) is 0.969. The molecule has 3 aromatic rings. The lowest BCUT2D eigenvalue weighted by molar-refractivity contribution is 0.372. The second-order valence-corrected chi connectivity index (χ2v) is 6.12. The Morgan fingerprint density at radius 1 is 1.23 bits per heavy atom. The van der Waals surface area contributed by atoms with Crippen molar-refractivity contribution in [3.05, 3.63) is 49.6 Å². The van der Waals surface area contributed by atoms with E-state index in [0.717, 1.165) is 0 Å². The number of methoxy groups -OCH3 is 1. The molecule has 0 atom stereocenters. The van der Waals surface area contributed by atoms with Gasteiger partial charge in [0.25, 0.3) is 5.56 Å². The van der Waals surface area contributed by atoms with Crippen LogP contribution in [-0.4, -0.2) is 22.2 Å². The van der Waals surface area contributed by atoms with Crippen molar-refractivity contribution >= 4 is 42.8 Å². The molecule has 112 valence electrons. The lowest BCUT2D eigenvalue weighted by atomic mass is 10.1. The summed E-state index contributed by atoms with van der Waals surface area (Å²) in [6.07, 6.45) is 0. The highest BCUT2D eigenvalue weighted by Crippen LogP contribution is 2.44. The molecule has 0 fully saturated rings. The van der Waals surface area contributed by atoms with Crippen molar-refractivity contribution < 1.29 is 9.84 Å². The van der Waals surface area contributed by atoms with Crippen LogP contribution in [0.2, 0.25) is 0 Å². The molecule has 5 nitrogen and oxygen atoms in total. The number of nitrogens with zero attached hydrogens (tertiary/aromatic N) is 1. The van der Waals surface area contributed by atoms with Crippen LogP contribution >= 0.6 is 31.9 Å². The summed E-state index contributed by atoms with van der Waals surface area (Å²) < 4.78 is 6.14. The minimum absolute atomic E-state index is 0.0266. The lowest BCUT2D eigenvalue weighted by Crippen LogP contribution is -2.09. The Kier molecular flexibility index (Phi) is 3.92. The molecule has 0 saturated heterocycles. The van der Waals surface area contributed by atoms with Gasteiger partial charge in [0, 0.05) is 10.0 Å². The number of rotatable bonds is 2. The number of aromatic nitrogens is 2.